The van der Waals surface area contributed by atoms with Crippen molar-refractivity contribution in [3.05, 3.63) is 59.7 Å². The highest BCUT2D eigenvalue weighted by atomic mass is 35.5. The highest BCUT2D eigenvalue weighted by Gasteiger charge is 2.22. The van der Waals surface area contributed by atoms with Crippen LogP contribution in [0.2, 0.25) is 0 Å². The number of benzene rings is 2. The topological polar surface area (TPSA) is 103 Å². The summed E-state index contributed by atoms with van der Waals surface area (Å²) in [7, 11) is -3.81. The molecule has 1 fully saturated rings. The van der Waals surface area contributed by atoms with E-state index >= 15 is 0 Å². The van der Waals surface area contributed by atoms with Gasteiger partial charge in [-0.15, -0.1) is 37.2 Å². The van der Waals surface area contributed by atoms with Gasteiger partial charge in [0.1, 0.15) is 5.82 Å². The number of aromatic nitrogens is 1. The third kappa shape index (κ3) is 6.92. The van der Waals surface area contributed by atoms with Gasteiger partial charge in [-0.2, -0.15) is 0 Å². The van der Waals surface area contributed by atoms with Crippen LogP contribution >= 0.6 is 37.2 Å². The van der Waals surface area contributed by atoms with Crippen molar-refractivity contribution in [3.63, 3.8) is 0 Å². The molecule has 1 aliphatic heterocycles. The lowest BCUT2D eigenvalue weighted by Gasteiger charge is -2.35. The fraction of sp³-hybridized carbons (Fsp3) is 0.333. The Hall–Kier alpha value is -2.30. The van der Waals surface area contributed by atoms with Crippen molar-refractivity contribution in [2.24, 2.45) is 0 Å². The molecule has 1 saturated heterocycles. The van der Waals surface area contributed by atoms with Crippen molar-refractivity contribution in [2.45, 2.75) is 25.2 Å². The van der Waals surface area contributed by atoms with Gasteiger partial charge in [0.05, 0.1) is 16.0 Å². The molecule has 0 unspecified atom stereocenters. The number of nitrogens with zero attached hydrogens (tertiary/aromatic N) is 3. The van der Waals surface area contributed by atoms with Crippen LogP contribution < -0.4 is 9.62 Å². The maximum atomic E-state index is 12.9. The number of hydrogen-bond acceptors (Lipinski definition) is 6. The van der Waals surface area contributed by atoms with Gasteiger partial charge >= 0.3 is 5.97 Å². The maximum Gasteiger partial charge on any atom is 0.336 e. The zero-order valence-corrected chi connectivity index (χ0v) is 23.3. The highest BCUT2D eigenvalue weighted by Crippen LogP contribution is 2.28. The molecule has 8 nitrogen and oxygen atoms in total. The van der Waals surface area contributed by atoms with Gasteiger partial charge in [-0.25, -0.2) is 18.2 Å². The second kappa shape index (κ2) is 13.3. The first-order valence-electron chi connectivity index (χ1n) is 11.0. The normalized spacial score (nSPS) is 13.8. The number of halogens is 3. The van der Waals surface area contributed by atoms with E-state index in [9.17, 15) is 18.3 Å². The Kier molecular flexibility index (Phi) is 11.7. The third-order valence-electron chi connectivity index (χ3n) is 5.90. The number of carbonyl (C=O) groups is 1. The highest BCUT2D eigenvalue weighted by molar-refractivity contribution is 7.92. The lowest BCUT2D eigenvalue weighted by molar-refractivity contribution is 0.0699. The molecule has 3 aromatic rings. The summed E-state index contributed by atoms with van der Waals surface area (Å²) >= 11 is 0. The number of aromatic carboxylic acids is 1. The summed E-state index contributed by atoms with van der Waals surface area (Å²) < 4.78 is 28.3. The number of anilines is 2. The minimum absolute atomic E-state index is 0. The molecule has 4 rings (SSSR count). The fourth-order valence-electron chi connectivity index (χ4n) is 4.20. The van der Waals surface area contributed by atoms with Gasteiger partial charge in [-0.3, -0.25) is 9.62 Å². The molecule has 36 heavy (non-hydrogen) atoms. The van der Waals surface area contributed by atoms with Crippen LogP contribution in [0.3, 0.4) is 0 Å². The number of fused-ring (bicyclic) bond motifs is 1. The minimum Gasteiger partial charge on any atom is -0.478 e. The van der Waals surface area contributed by atoms with E-state index in [-0.39, 0.29) is 53.4 Å². The van der Waals surface area contributed by atoms with E-state index in [1.165, 1.54) is 12.1 Å². The summed E-state index contributed by atoms with van der Waals surface area (Å²) in [6, 6.07) is 13.1. The van der Waals surface area contributed by atoms with E-state index in [4.69, 9.17) is 0 Å². The predicted molar refractivity (Wildman–Crippen MR) is 151 cm³/mol. The van der Waals surface area contributed by atoms with Gasteiger partial charge in [0.15, 0.2) is 0 Å². The number of rotatable bonds is 7. The smallest absolute Gasteiger partial charge is 0.336 e. The van der Waals surface area contributed by atoms with Gasteiger partial charge in [-0.05, 0) is 55.8 Å². The Bertz CT molecular complexity index is 1300. The third-order valence-corrected chi connectivity index (χ3v) is 7.44. The second-order valence-electron chi connectivity index (χ2n) is 8.26. The zero-order chi connectivity index (χ0) is 23.6. The van der Waals surface area contributed by atoms with Gasteiger partial charge < -0.3 is 10.0 Å². The number of sulfonamides is 1. The Balaban J connectivity index is 0.00000216. The van der Waals surface area contributed by atoms with Gasteiger partial charge in [0, 0.05) is 37.3 Å². The Morgan fingerprint density at radius 1 is 1.03 bits per heavy atom. The summed E-state index contributed by atoms with van der Waals surface area (Å²) in [5.74, 6) is -0.448. The van der Waals surface area contributed by atoms with Gasteiger partial charge in [0.25, 0.3) is 10.0 Å². The number of piperazine rings is 1. The lowest BCUT2D eigenvalue weighted by atomic mass is 10.1. The second-order valence-corrected chi connectivity index (χ2v) is 9.92. The summed E-state index contributed by atoms with van der Waals surface area (Å²) in [6.45, 7) is 8.33. The average molecular weight is 578 g/mol. The molecule has 2 heterocycles. The van der Waals surface area contributed by atoms with Crippen LogP contribution in [0.15, 0.2) is 53.4 Å². The van der Waals surface area contributed by atoms with Crippen LogP contribution in [0.4, 0.5) is 11.5 Å². The number of pyridine rings is 1. The number of nitrogens with one attached hydrogen (secondary N) is 1. The predicted octanol–water partition coefficient (Wildman–Crippen LogP) is 4.84. The molecule has 1 aromatic heterocycles. The van der Waals surface area contributed by atoms with Crippen molar-refractivity contribution < 1.29 is 18.3 Å². The van der Waals surface area contributed by atoms with E-state index in [2.05, 4.69) is 26.4 Å². The van der Waals surface area contributed by atoms with E-state index in [1.54, 1.807) is 43.3 Å². The Morgan fingerprint density at radius 3 is 2.31 bits per heavy atom. The molecule has 0 bridgehead atoms. The fourth-order valence-corrected chi connectivity index (χ4v) is 5.50. The molecule has 198 valence electrons. The van der Waals surface area contributed by atoms with Crippen LogP contribution in [-0.4, -0.2) is 62.1 Å². The number of hydrogen-bond donors (Lipinski definition) is 2. The van der Waals surface area contributed by atoms with E-state index in [1.807, 2.05) is 0 Å². The quantitative estimate of drug-likeness (QED) is 0.414. The summed E-state index contributed by atoms with van der Waals surface area (Å²) in [4.78, 5) is 21.4. The molecule has 0 saturated carbocycles. The van der Waals surface area contributed by atoms with E-state index in [0.29, 0.717) is 22.3 Å². The first-order valence-corrected chi connectivity index (χ1v) is 12.5. The summed E-state index contributed by atoms with van der Waals surface area (Å²) in [5, 5.41) is 10.3. The van der Waals surface area contributed by atoms with Gasteiger partial charge in [0.2, 0.25) is 0 Å². The molecule has 12 heteroatoms. The van der Waals surface area contributed by atoms with E-state index in [0.717, 1.165) is 39.1 Å². The van der Waals surface area contributed by atoms with Crippen molar-refractivity contribution in [2.75, 3.05) is 42.3 Å². The number of aryl methyl sites for hydroxylation is 1. The summed E-state index contributed by atoms with van der Waals surface area (Å²) in [5.41, 5.74) is 1.53. The largest absolute Gasteiger partial charge is 0.478 e. The standard InChI is InChI=1S/C24H28N4O4S.3ClH/c1-3-10-27-11-13-28(14-12-27)23-16-20(24(29)30)19-15-18(8-9-21(19)25-23)26-33(31,32)22-7-5-4-6-17(22)2;;;/h4-9,15-16,26H,3,10-14H2,1-2H3,(H,29,30);3*1H. The number of carboxylic acid groups (broad SMARTS) is 1. The molecule has 0 aliphatic carbocycles. The Labute approximate surface area is 230 Å². The van der Waals surface area contributed by atoms with Crippen molar-refractivity contribution in [1.82, 2.24) is 9.88 Å². The molecule has 0 radical (unpaired) electrons. The molecule has 1 aliphatic rings. The average Bonchev–Trinajstić information content (AvgIpc) is 2.79. The van der Waals surface area contributed by atoms with Crippen molar-refractivity contribution >= 4 is 75.6 Å². The molecular weight excluding hydrogens is 547 g/mol. The number of carboxylic acids is 1. The maximum absolute atomic E-state index is 12.9. The molecule has 0 atom stereocenters. The van der Waals surface area contributed by atoms with Crippen LogP contribution in [0.5, 0.6) is 0 Å². The van der Waals surface area contributed by atoms with Crippen LogP contribution in [0, 0.1) is 6.92 Å². The first-order chi connectivity index (χ1) is 15.8. The minimum atomic E-state index is -3.81. The molecular formula is C24H31Cl3N4O4S. The lowest BCUT2D eigenvalue weighted by Crippen LogP contribution is -2.46. The van der Waals surface area contributed by atoms with Gasteiger partial charge in [-0.1, -0.05) is 25.1 Å². The summed E-state index contributed by atoms with van der Waals surface area (Å²) in [6.07, 6.45) is 1.10. The van der Waals surface area contributed by atoms with Crippen LogP contribution in [0.1, 0.15) is 29.3 Å². The monoisotopic (exact) mass is 576 g/mol. The first kappa shape index (κ1) is 31.7. The SMILES string of the molecule is CCCN1CCN(c2cc(C(=O)O)c3cc(NS(=O)(=O)c4ccccc4C)ccc3n2)CC1.Cl.Cl.Cl. The molecule has 0 amide bonds. The van der Waals surface area contributed by atoms with Crippen LogP contribution in [0.25, 0.3) is 10.9 Å². The zero-order valence-electron chi connectivity index (χ0n) is 20.0. The molecule has 2 aromatic carbocycles. The van der Waals surface area contributed by atoms with Crippen LogP contribution in [-0.2, 0) is 10.0 Å². The van der Waals surface area contributed by atoms with Crippen molar-refractivity contribution in [3.8, 4) is 0 Å². The molecule has 0 spiro atoms. The van der Waals surface area contributed by atoms with E-state index < -0.39 is 16.0 Å². The Morgan fingerprint density at radius 2 is 1.69 bits per heavy atom. The van der Waals surface area contributed by atoms with Crippen molar-refractivity contribution in [1.29, 1.82) is 0 Å². The molecule has 2 N–H and O–H groups in total.